The molecule has 0 radical (unpaired) electrons. The van der Waals surface area contributed by atoms with E-state index in [1.165, 1.54) is 57.4 Å². The average molecular weight is 689 g/mol. The first-order valence-electron chi connectivity index (χ1n) is 16.4. The van der Waals surface area contributed by atoms with Gasteiger partial charge in [-0.2, -0.15) is 0 Å². The van der Waals surface area contributed by atoms with Crippen LogP contribution in [0.15, 0.2) is 164 Å². The van der Waals surface area contributed by atoms with E-state index in [9.17, 15) is 0 Å². The van der Waals surface area contributed by atoms with Gasteiger partial charge in [0.05, 0.1) is 0 Å². The van der Waals surface area contributed by atoms with Gasteiger partial charge < -0.3 is 0 Å². The van der Waals surface area contributed by atoms with E-state index in [2.05, 4.69) is 103 Å². The van der Waals surface area contributed by atoms with Crippen LogP contribution in [0.5, 0.6) is 0 Å². The molecule has 0 atom stereocenters. The standard InChI is InChI=1S/C45H27N3Se/c1-3-12-28(13-4-1)43-46-44(29-14-5-2-6-15-29)48-45(47-43)32-23-24-33-30(26-32)16-11-20-34(33)39-27-31-22-25-38-36-18-9-10-21-40(36)49-42(38)41(31)37-19-8-7-17-35(37)39/h1-27H. The van der Waals surface area contributed by atoms with E-state index in [4.69, 9.17) is 15.0 Å². The van der Waals surface area contributed by atoms with Crippen LogP contribution in [0.4, 0.5) is 0 Å². The molecule has 0 N–H and O–H groups in total. The predicted octanol–water partition coefficient (Wildman–Crippen LogP) is 11.4. The minimum atomic E-state index is 0.279. The molecule has 228 valence electrons. The number of benzene rings is 8. The van der Waals surface area contributed by atoms with Crippen molar-refractivity contribution in [3.05, 3.63) is 164 Å². The molecule has 3 nitrogen and oxygen atoms in total. The first-order valence-corrected chi connectivity index (χ1v) is 18.2. The molecule has 0 spiro atoms. The normalized spacial score (nSPS) is 11.7. The molecule has 10 rings (SSSR count). The molecule has 0 aliphatic carbocycles. The number of rotatable bonds is 4. The molecule has 4 heteroatoms. The zero-order chi connectivity index (χ0) is 32.3. The van der Waals surface area contributed by atoms with Crippen molar-refractivity contribution in [3.8, 4) is 45.3 Å². The number of hydrogen-bond acceptors (Lipinski definition) is 3. The smallest absolute Gasteiger partial charge is 0.0615 e. The summed E-state index contributed by atoms with van der Waals surface area (Å²) in [7, 11) is 0. The van der Waals surface area contributed by atoms with E-state index in [0.29, 0.717) is 17.5 Å². The van der Waals surface area contributed by atoms with Crippen molar-refractivity contribution in [3.63, 3.8) is 0 Å². The van der Waals surface area contributed by atoms with Crippen LogP contribution < -0.4 is 0 Å². The number of hydrogen-bond donors (Lipinski definition) is 0. The molecular weight excluding hydrogens is 661 g/mol. The molecule has 49 heavy (non-hydrogen) atoms. The quantitative estimate of drug-likeness (QED) is 0.136. The third-order valence-electron chi connectivity index (χ3n) is 9.49. The average Bonchev–Trinajstić information content (AvgIpc) is 3.56. The van der Waals surface area contributed by atoms with Crippen LogP contribution >= 0.6 is 0 Å². The van der Waals surface area contributed by atoms with E-state index >= 15 is 0 Å². The van der Waals surface area contributed by atoms with E-state index in [1.807, 2.05) is 60.7 Å². The summed E-state index contributed by atoms with van der Waals surface area (Å²) in [4.78, 5) is 14.9. The Balaban J connectivity index is 1.16. The fraction of sp³-hybridized carbons (Fsp3) is 0. The second-order valence-electron chi connectivity index (χ2n) is 12.4. The van der Waals surface area contributed by atoms with Crippen LogP contribution in [0.1, 0.15) is 0 Å². The molecule has 0 aliphatic rings. The van der Waals surface area contributed by atoms with Crippen LogP contribution in [0.25, 0.3) is 96.9 Å². The number of fused-ring (bicyclic) bond motifs is 8. The second kappa shape index (κ2) is 11.3. The van der Waals surface area contributed by atoms with Crippen LogP contribution in [0.2, 0.25) is 0 Å². The van der Waals surface area contributed by atoms with Crippen LogP contribution in [0, 0.1) is 0 Å². The fourth-order valence-corrected chi connectivity index (χ4v) is 9.86. The van der Waals surface area contributed by atoms with Gasteiger partial charge in [0.1, 0.15) is 0 Å². The third kappa shape index (κ3) is 4.69. The van der Waals surface area contributed by atoms with Gasteiger partial charge in [-0.25, -0.2) is 4.98 Å². The fourth-order valence-electron chi connectivity index (χ4n) is 7.19. The number of aromatic nitrogens is 3. The maximum atomic E-state index is 4.98. The Hall–Kier alpha value is -5.93. The molecule has 0 aliphatic heterocycles. The topological polar surface area (TPSA) is 38.7 Å². The monoisotopic (exact) mass is 689 g/mol. The van der Waals surface area contributed by atoms with Crippen molar-refractivity contribution in [2.75, 3.05) is 0 Å². The van der Waals surface area contributed by atoms with Crippen LogP contribution in [0.3, 0.4) is 0 Å². The van der Waals surface area contributed by atoms with Crippen molar-refractivity contribution in [2.45, 2.75) is 0 Å². The van der Waals surface area contributed by atoms with Gasteiger partial charge in [-0.15, -0.1) is 0 Å². The first-order chi connectivity index (χ1) is 24.3. The van der Waals surface area contributed by atoms with Gasteiger partial charge >= 0.3 is 202 Å². The Morgan fingerprint density at radius 2 is 0.959 bits per heavy atom. The van der Waals surface area contributed by atoms with Gasteiger partial charge in [0.25, 0.3) is 0 Å². The molecule has 10 aromatic rings. The molecule has 2 heterocycles. The van der Waals surface area contributed by atoms with E-state index in [-0.39, 0.29) is 14.5 Å². The molecule has 0 saturated carbocycles. The van der Waals surface area contributed by atoms with Crippen LogP contribution in [-0.2, 0) is 0 Å². The summed E-state index contributed by atoms with van der Waals surface area (Å²) in [6.45, 7) is 0. The molecule has 0 unspecified atom stereocenters. The van der Waals surface area contributed by atoms with Gasteiger partial charge in [0.2, 0.25) is 0 Å². The summed E-state index contributed by atoms with van der Waals surface area (Å²) in [6.07, 6.45) is 0. The number of nitrogens with zero attached hydrogens (tertiary/aromatic N) is 3. The minimum absolute atomic E-state index is 0.279. The summed E-state index contributed by atoms with van der Waals surface area (Å²) in [5, 5.41) is 10.4. The summed E-state index contributed by atoms with van der Waals surface area (Å²) >= 11 is 0.279. The Labute approximate surface area is 288 Å². The van der Waals surface area contributed by atoms with Gasteiger partial charge in [-0.1, -0.05) is 60.7 Å². The van der Waals surface area contributed by atoms with Crippen molar-refractivity contribution >= 4 is 66.1 Å². The molecule has 0 bridgehead atoms. The summed E-state index contributed by atoms with van der Waals surface area (Å²) in [6, 6.07) is 58.4. The summed E-state index contributed by atoms with van der Waals surface area (Å²) in [5.74, 6) is 1.99. The van der Waals surface area contributed by atoms with Crippen molar-refractivity contribution in [1.29, 1.82) is 0 Å². The Bertz CT molecular complexity index is 2820. The van der Waals surface area contributed by atoms with Gasteiger partial charge in [-0.05, 0) is 0 Å². The zero-order valence-electron chi connectivity index (χ0n) is 26.3. The SMILES string of the molecule is c1ccc(-c2nc(-c3ccccc3)nc(-c3ccc4c(-c5cc6ccc7c8ccccc8[se]c7c6c6ccccc56)cccc4c3)n2)cc1. The Morgan fingerprint density at radius 1 is 0.347 bits per heavy atom. The Morgan fingerprint density at radius 3 is 1.69 bits per heavy atom. The second-order valence-corrected chi connectivity index (χ2v) is 14.6. The van der Waals surface area contributed by atoms with Crippen LogP contribution in [-0.4, -0.2) is 29.5 Å². The minimum Gasteiger partial charge on any atom is -0.0615 e. The molecule has 0 fully saturated rings. The van der Waals surface area contributed by atoms with E-state index in [1.54, 1.807) is 0 Å². The third-order valence-corrected chi connectivity index (χ3v) is 12.0. The summed E-state index contributed by atoms with van der Waals surface area (Å²) < 4.78 is 2.97. The molecule has 0 amide bonds. The van der Waals surface area contributed by atoms with E-state index in [0.717, 1.165) is 22.1 Å². The first kappa shape index (κ1) is 28.1. The van der Waals surface area contributed by atoms with E-state index < -0.39 is 0 Å². The molecule has 8 aromatic carbocycles. The zero-order valence-corrected chi connectivity index (χ0v) is 28.1. The van der Waals surface area contributed by atoms with Crippen molar-refractivity contribution in [1.82, 2.24) is 15.0 Å². The predicted molar refractivity (Wildman–Crippen MR) is 206 cm³/mol. The molecule has 2 aromatic heterocycles. The maximum absolute atomic E-state index is 4.98. The van der Waals surface area contributed by atoms with Gasteiger partial charge in [0.15, 0.2) is 11.6 Å². The van der Waals surface area contributed by atoms with Gasteiger partial charge in [0, 0.05) is 11.1 Å². The van der Waals surface area contributed by atoms with Crippen molar-refractivity contribution in [2.24, 2.45) is 0 Å². The Kier molecular flexibility index (Phi) is 6.51. The molecule has 0 saturated heterocycles. The summed E-state index contributed by atoms with van der Waals surface area (Å²) in [5.41, 5.74) is 5.36. The van der Waals surface area contributed by atoms with Crippen molar-refractivity contribution < 1.29 is 0 Å². The van der Waals surface area contributed by atoms with Gasteiger partial charge in [-0.3, -0.25) is 0 Å². The molecular formula is C45H27N3Se.